The Hall–Kier alpha value is -0.240. The molecule has 0 aromatic rings. The molecule has 388 valence electrons. The van der Waals surface area contributed by atoms with Crippen molar-refractivity contribution in [3.8, 4) is 0 Å². The second kappa shape index (κ2) is 26.5. The van der Waals surface area contributed by atoms with E-state index in [1.807, 2.05) is 0 Å². The minimum Gasteiger partial charge on any atom is -0.314 e. The largest absolute Gasteiger partial charge is 0.314 e. The van der Waals surface area contributed by atoms with Crippen LogP contribution < -0.4 is 31.9 Å². The minimum absolute atomic E-state index is 0.572. The molecule has 6 N–H and O–H groups in total. The van der Waals surface area contributed by atoms with Gasteiger partial charge < -0.3 is 31.9 Å². The van der Waals surface area contributed by atoms with E-state index in [4.69, 9.17) is 0 Å². The number of fused-ring (bicyclic) bond motifs is 4. The Morgan fingerprint density at radius 2 is 0.758 bits per heavy atom. The maximum atomic E-state index is 3.89. The van der Waals surface area contributed by atoms with Gasteiger partial charge in [0.2, 0.25) is 0 Å². The zero-order valence-electron chi connectivity index (χ0n) is 47.1. The van der Waals surface area contributed by atoms with Crippen molar-refractivity contribution < 1.29 is 0 Å². The lowest BCUT2D eigenvalue weighted by molar-refractivity contribution is -0.0520. The molecule has 0 aromatic carbocycles. The van der Waals surface area contributed by atoms with Gasteiger partial charge in [-0.25, -0.2) is 0 Å². The monoisotopic (exact) mass is 923 g/mol. The molecule has 0 spiro atoms. The van der Waals surface area contributed by atoms with E-state index in [2.05, 4.69) is 143 Å². The topological polar surface area (TPSA) is 72.2 Å². The fourth-order valence-corrected chi connectivity index (χ4v) is 16.9. The van der Waals surface area contributed by atoms with Gasteiger partial charge in [-0.15, -0.1) is 0 Å². The Morgan fingerprint density at radius 3 is 1.00 bits per heavy atom. The van der Waals surface area contributed by atoms with E-state index in [1.54, 1.807) is 57.8 Å². The third-order valence-corrected chi connectivity index (χ3v) is 18.2. The third-order valence-electron chi connectivity index (χ3n) is 18.2. The fourth-order valence-electron chi connectivity index (χ4n) is 16.9. The zero-order valence-corrected chi connectivity index (χ0v) is 47.1. The predicted molar refractivity (Wildman–Crippen MR) is 289 cm³/mol. The first-order chi connectivity index (χ1) is 31.1. The van der Waals surface area contributed by atoms with Crippen LogP contribution in [0, 0.1) is 64.6 Å². The molecule has 66 heavy (non-hydrogen) atoms. The molecule has 6 nitrogen and oxygen atoms in total. The Bertz CT molecular complexity index is 1220. The summed E-state index contributed by atoms with van der Waals surface area (Å²) >= 11 is 0. The number of nitrogens with one attached hydrogen (secondary N) is 6. The van der Waals surface area contributed by atoms with Crippen LogP contribution in [0.3, 0.4) is 0 Å². The summed E-state index contributed by atoms with van der Waals surface area (Å²) in [5, 5.41) is 21.6. The first kappa shape index (κ1) is 56.7. The van der Waals surface area contributed by atoms with Gasteiger partial charge in [0.15, 0.2) is 0 Å². The highest BCUT2D eigenvalue weighted by molar-refractivity contribution is 5.07. The molecule has 0 heterocycles. The molecule has 12 fully saturated rings. The average molecular weight is 924 g/mol. The van der Waals surface area contributed by atoms with Crippen LogP contribution in [0.15, 0.2) is 0 Å². The van der Waals surface area contributed by atoms with Gasteiger partial charge in [-0.1, -0.05) is 117 Å². The molecule has 7 atom stereocenters. The summed E-state index contributed by atoms with van der Waals surface area (Å²) in [7, 11) is 0. The first-order valence-electron chi connectivity index (χ1n) is 29.7. The molecule has 12 bridgehead atoms. The molecule has 12 rings (SSSR count). The van der Waals surface area contributed by atoms with E-state index >= 15 is 0 Å². The maximum absolute atomic E-state index is 3.89. The van der Waals surface area contributed by atoms with Crippen LogP contribution in [-0.2, 0) is 0 Å². The van der Waals surface area contributed by atoms with E-state index in [-0.39, 0.29) is 0 Å². The van der Waals surface area contributed by atoms with Gasteiger partial charge in [0.1, 0.15) is 0 Å². The highest BCUT2D eigenvalue weighted by Crippen LogP contribution is 2.60. The summed E-state index contributed by atoms with van der Waals surface area (Å²) in [6.45, 7) is 36.8. The second-order valence-electron chi connectivity index (χ2n) is 27.8. The lowest BCUT2D eigenvalue weighted by atomic mass is 9.49. The van der Waals surface area contributed by atoms with Gasteiger partial charge in [-0.2, -0.15) is 0 Å². The van der Waals surface area contributed by atoms with Gasteiger partial charge >= 0.3 is 0 Å². The molecule has 12 saturated carbocycles. The van der Waals surface area contributed by atoms with Crippen LogP contribution in [-0.4, -0.2) is 72.5 Å². The van der Waals surface area contributed by atoms with Crippen molar-refractivity contribution in [2.24, 2.45) is 64.6 Å². The lowest BCUT2D eigenvalue weighted by Gasteiger charge is -2.57. The standard InChI is InChI=1S/C14H25N.C13H23N.2C10H19N.C7H17N.C6H15N/c1-10(2)15-9-14-6-11-3-12(7-14)5-13(4-11)8-14;1-9(2)14-13-6-10-3-11(7-13)5-12(4-10)8-13;2*1-7(2)11-10-6-8-3-4-9(10)5-8;1-5-7(4)8-6(2)3;1-5(2)7-6(3)4/h10-13,15H,3-9H2,1-2H3;9-12,14H,3-8H2,1-2H3;2*7-11H,3-6H2,1-2H3;6-8H,5H2,1-4H3;5-7H,1-4H3. The first-order valence-corrected chi connectivity index (χ1v) is 29.7. The molecule has 12 aliphatic rings. The SMILES string of the molecule is CC(C)NC(C)C.CC(C)NC12CC3CC(CC(C3)C1)C2.CC(C)NC1CC2CCC1C2.CC(C)NC1CC2CCC1C2.CC(C)NCC12CC3CC(CC(C3)C1)C2.CCC(C)NC(C)C. The van der Waals surface area contributed by atoms with Gasteiger partial charge in [-0.3, -0.25) is 0 Å². The van der Waals surface area contributed by atoms with E-state index in [0.29, 0.717) is 53.9 Å². The van der Waals surface area contributed by atoms with Gasteiger partial charge in [-0.05, 0) is 194 Å². The van der Waals surface area contributed by atoms with Crippen molar-refractivity contribution in [3.63, 3.8) is 0 Å². The molecule has 0 aliphatic heterocycles. The van der Waals surface area contributed by atoms with Gasteiger partial charge in [0.05, 0.1) is 0 Å². The predicted octanol–water partition coefficient (Wildman–Crippen LogP) is 13.7. The highest BCUT2D eigenvalue weighted by atomic mass is 15.0. The fraction of sp³-hybridized carbons (Fsp3) is 1.00. The highest BCUT2D eigenvalue weighted by Gasteiger charge is 2.52. The van der Waals surface area contributed by atoms with E-state index in [1.165, 1.54) is 83.6 Å². The average Bonchev–Trinajstić information content (AvgIpc) is 4.00. The van der Waals surface area contributed by atoms with Crippen LogP contribution in [0.1, 0.15) is 246 Å². The lowest BCUT2D eigenvalue weighted by Crippen LogP contribution is -2.59. The molecular weight excluding hydrogens is 805 g/mol. The smallest absolute Gasteiger partial charge is 0.0191 e. The second-order valence-corrected chi connectivity index (χ2v) is 27.8. The van der Waals surface area contributed by atoms with Crippen molar-refractivity contribution in [1.29, 1.82) is 0 Å². The summed E-state index contributed by atoms with van der Waals surface area (Å²) in [5.41, 5.74) is 1.29. The summed E-state index contributed by atoms with van der Waals surface area (Å²) in [5.74, 6) is 10.8. The molecule has 0 amide bonds. The number of hydrogen-bond acceptors (Lipinski definition) is 6. The van der Waals surface area contributed by atoms with Crippen molar-refractivity contribution >= 4 is 0 Å². The Morgan fingerprint density at radius 1 is 0.379 bits per heavy atom. The maximum Gasteiger partial charge on any atom is 0.0191 e. The van der Waals surface area contributed by atoms with Crippen LogP contribution in [0.2, 0.25) is 0 Å². The molecule has 0 saturated heterocycles. The van der Waals surface area contributed by atoms with Crippen molar-refractivity contribution in [3.05, 3.63) is 0 Å². The molecule has 12 aliphatic carbocycles. The van der Waals surface area contributed by atoms with Gasteiger partial charge in [0.25, 0.3) is 0 Å². The summed E-state index contributed by atoms with van der Waals surface area (Å²) in [4.78, 5) is 0. The van der Waals surface area contributed by atoms with Crippen LogP contribution in [0.25, 0.3) is 0 Å². The normalized spacial score (nSPS) is 38.6. The third kappa shape index (κ3) is 18.4. The minimum atomic E-state index is 0.572. The molecular formula is C60H118N6. The van der Waals surface area contributed by atoms with Crippen molar-refractivity contribution in [2.75, 3.05) is 6.54 Å². The van der Waals surface area contributed by atoms with Crippen LogP contribution in [0.5, 0.6) is 0 Å². The Kier molecular flexibility index (Phi) is 22.7. The summed E-state index contributed by atoms with van der Waals surface area (Å²) in [6, 6.07) is 6.99. The Balaban J connectivity index is 0.000000152. The van der Waals surface area contributed by atoms with E-state index in [0.717, 1.165) is 76.7 Å². The quantitative estimate of drug-likeness (QED) is 0.104. The molecule has 0 aromatic heterocycles. The summed E-state index contributed by atoms with van der Waals surface area (Å²) in [6.07, 6.45) is 31.6. The zero-order chi connectivity index (χ0) is 48.3. The van der Waals surface area contributed by atoms with Crippen molar-refractivity contribution in [1.82, 2.24) is 31.9 Å². The van der Waals surface area contributed by atoms with Crippen molar-refractivity contribution in [2.45, 2.75) is 312 Å². The molecule has 0 radical (unpaired) electrons. The molecule has 7 unspecified atom stereocenters. The Labute approximate surface area is 413 Å². The van der Waals surface area contributed by atoms with E-state index in [9.17, 15) is 0 Å². The van der Waals surface area contributed by atoms with E-state index < -0.39 is 0 Å². The molecule has 6 heteroatoms. The van der Waals surface area contributed by atoms with Gasteiger partial charge in [0, 0.05) is 72.5 Å². The summed E-state index contributed by atoms with van der Waals surface area (Å²) < 4.78 is 0. The van der Waals surface area contributed by atoms with Crippen LogP contribution >= 0.6 is 0 Å². The van der Waals surface area contributed by atoms with Crippen LogP contribution in [0.4, 0.5) is 0 Å². The number of hydrogen-bond donors (Lipinski definition) is 6. The number of rotatable bonds is 14.